The molecule has 2 rings (SSSR count). The van der Waals surface area contributed by atoms with Crippen LogP contribution >= 0.6 is 11.3 Å². The molecule has 2 aromatic rings. The van der Waals surface area contributed by atoms with Crippen LogP contribution in [0.4, 0.5) is 0 Å². The highest BCUT2D eigenvalue weighted by molar-refractivity contribution is 7.09. The first-order chi connectivity index (χ1) is 11.1. The van der Waals surface area contributed by atoms with Crippen molar-refractivity contribution in [1.29, 1.82) is 0 Å². The van der Waals surface area contributed by atoms with Crippen LogP contribution in [-0.4, -0.2) is 22.7 Å². The maximum absolute atomic E-state index is 10.7. The van der Waals surface area contributed by atoms with Crippen LogP contribution < -0.4 is 9.47 Å². The van der Waals surface area contributed by atoms with Crippen LogP contribution in [0.25, 0.3) is 6.08 Å². The summed E-state index contributed by atoms with van der Waals surface area (Å²) in [5, 5.41) is 11.7. The molecule has 0 aliphatic heterocycles. The Morgan fingerprint density at radius 2 is 2.22 bits per heavy atom. The number of benzene rings is 1. The van der Waals surface area contributed by atoms with E-state index in [2.05, 4.69) is 4.98 Å². The molecule has 1 N–H and O–H groups in total. The van der Waals surface area contributed by atoms with Crippen molar-refractivity contribution in [1.82, 2.24) is 4.98 Å². The van der Waals surface area contributed by atoms with Crippen LogP contribution in [0.2, 0.25) is 0 Å². The van der Waals surface area contributed by atoms with Crippen LogP contribution in [0.1, 0.15) is 29.6 Å². The molecular formula is C17H19NO4S. The number of ether oxygens (including phenoxy) is 2. The third-order valence-corrected chi connectivity index (χ3v) is 3.73. The Labute approximate surface area is 139 Å². The first-order valence-electron chi connectivity index (χ1n) is 7.30. The van der Waals surface area contributed by atoms with Gasteiger partial charge in [-0.25, -0.2) is 9.78 Å². The number of aliphatic carboxylic acids is 1. The minimum atomic E-state index is -1.00. The summed E-state index contributed by atoms with van der Waals surface area (Å²) in [5.74, 6) is 0.267. The molecule has 122 valence electrons. The molecule has 1 aromatic heterocycles. The predicted octanol–water partition coefficient (Wildman–Crippen LogP) is 3.92. The summed E-state index contributed by atoms with van der Waals surface area (Å²) in [6, 6.07) is 5.36. The number of aryl methyl sites for hydroxylation is 1. The number of rotatable bonds is 8. The fraction of sp³-hybridized carbons (Fsp3) is 0.294. The molecule has 0 unspecified atom stereocenters. The first-order valence-corrected chi connectivity index (χ1v) is 8.18. The van der Waals surface area contributed by atoms with Crippen molar-refractivity contribution < 1.29 is 19.4 Å². The molecule has 0 amide bonds. The van der Waals surface area contributed by atoms with E-state index in [0.717, 1.165) is 23.2 Å². The second-order valence-corrected chi connectivity index (χ2v) is 5.93. The van der Waals surface area contributed by atoms with Crippen molar-refractivity contribution >= 4 is 23.4 Å². The van der Waals surface area contributed by atoms with Crippen molar-refractivity contribution in [2.24, 2.45) is 0 Å². The lowest BCUT2D eigenvalue weighted by molar-refractivity contribution is -0.131. The molecule has 0 spiro atoms. The summed E-state index contributed by atoms with van der Waals surface area (Å²) >= 11 is 1.56. The van der Waals surface area contributed by atoms with E-state index in [4.69, 9.17) is 14.6 Å². The molecule has 23 heavy (non-hydrogen) atoms. The van der Waals surface area contributed by atoms with Crippen molar-refractivity contribution in [3.8, 4) is 11.5 Å². The van der Waals surface area contributed by atoms with Crippen molar-refractivity contribution in [3.63, 3.8) is 0 Å². The molecule has 0 aliphatic rings. The van der Waals surface area contributed by atoms with Crippen LogP contribution in [0.3, 0.4) is 0 Å². The zero-order valence-electron chi connectivity index (χ0n) is 13.1. The molecule has 0 aliphatic carbocycles. The van der Waals surface area contributed by atoms with Gasteiger partial charge in [0.1, 0.15) is 18.1 Å². The van der Waals surface area contributed by atoms with E-state index >= 15 is 0 Å². The maximum atomic E-state index is 10.7. The zero-order chi connectivity index (χ0) is 16.7. The fourth-order valence-corrected chi connectivity index (χ4v) is 2.47. The molecule has 0 bridgehead atoms. The summed E-state index contributed by atoms with van der Waals surface area (Å²) in [7, 11) is 0. The van der Waals surface area contributed by atoms with E-state index in [1.807, 2.05) is 19.2 Å². The average molecular weight is 333 g/mol. The van der Waals surface area contributed by atoms with Gasteiger partial charge in [0.2, 0.25) is 0 Å². The first kappa shape index (κ1) is 17.0. The molecule has 0 saturated heterocycles. The molecule has 6 heteroatoms. The number of nitrogens with zero attached hydrogens (tertiary/aromatic N) is 1. The highest BCUT2D eigenvalue weighted by atomic mass is 32.1. The van der Waals surface area contributed by atoms with Gasteiger partial charge >= 0.3 is 5.97 Å². The van der Waals surface area contributed by atoms with Gasteiger partial charge in [-0.15, -0.1) is 11.3 Å². The van der Waals surface area contributed by atoms with E-state index in [1.54, 1.807) is 29.5 Å². The van der Waals surface area contributed by atoms with E-state index < -0.39 is 5.97 Å². The highest BCUT2D eigenvalue weighted by Gasteiger charge is 2.07. The summed E-state index contributed by atoms with van der Waals surface area (Å²) in [5.41, 5.74) is 1.53. The molecule has 0 saturated carbocycles. The van der Waals surface area contributed by atoms with Gasteiger partial charge in [0.05, 0.1) is 17.3 Å². The molecule has 0 atom stereocenters. The van der Waals surface area contributed by atoms with Gasteiger partial charge in [0.15, 0.2) is 0 Å². The molecule has 5 nitrogen and oxygen atoms in total. The lowest BCUT2D eigenvalue weighted by Gasteiger charge is -2.11. The van der Waals surface area contributed by atoms with Crippen LogP contribution in [0, 0.1) is 6.92 Å². The van der Waals surface area contributed by atoms with E-state index in [0.29, 0.717) is 30.3 Å². The van der Waals surface area contributed by atoms with E-state index in [9.17, 15) is 4.79 Å². The largest absolute Gasteiger partial charge is 0.493 e. The minimum Gasteiger partial charge on any atom is -0.493 e. The van der Waals surface area contributed by atoms with Gasteiger partial charge in [0.25, 0.3) is 0 Å². The Balaban J connectivity index is 2.18. The smallest absolute Gasteiger partial charge is 0.328 e. The lowest BCUT2D eigenvalue weighted by Crippen LogP contribution is -2.00. The number of hydrogen-bond acceptors (Lipinski definition) is 5. The van der Waals surface area contributed by atoms with E-state index in [-0.39, 0.29) is 0 Å². The van der Waals surface area contributed by atoms with Crippen molar-refractivity contribution in [2.45, 2.75) is 26.9 Å². The topological polar surface area (TPSA) is 68.7 Å². The number of thiazole rings is 1. The standard InChI is InChI=1S/C17H19NO4S/c1-3-8-21-15-6-4-13(5-7-17(19)20)16(9-15)22-10-14-11-23-12(2)18-14/h4-7,9,11H,3,8,10H2,1-2H3,(H,19,20)/b7-5+. The molecule has 0 radical (unpaired) electrons. The Hall–Kier alpha value is -2.34. The minimum absolute atomic E-state index is 0.329. The van der Waals surface area contributed by atoms with Crippen LogP contribution in [0.15, 0.2) is 29.7 Å². The molecule has 1 heterocycles. The summed E-state index contributed by atoms with van der Waals surface area (Å²) < 4.78 is 11.4. The SMILES string of the molecule is CCCOc1ccc(/C=C/C(=O)O)c(OCc2csc(C)n2)c1. The fourth-order valence-electron chi connectivity index (χ4n) is 1.87. The van der Waals surface area contributed by atoms with Gasteiger partial charge in [-0.05, 0) is 31.6 Å². The number of carbonyl (C=O) groups is 1. The average Bonchev–Trinajstić information content (AvgIpc) is 2.95. The second-order valence-electron chi connectivity index (χ2n) is 4.87. The number of aromatic nitrogens is 1. The monoisotopic (exact) mass is 333 g/mol. The summed E-state index contributed by atoms with van der Waals surface area (Å²) in [6.07, 6.45) is 3.50. The molecular weight excluding hydrogens is 314 g/mol. The Kier molecular flexibility index (Phi) is 6.17. The molecule has 1 aromatic carbocycles. The maximum Gasteiger partial charge on any atom is 0.328 e. The van der Waals surface area contributed by atoms with E-state index in [1.165, 1.54) is 6.08 Å². The van der Waals surface area contributed by atoms with Crippen molar-refractivity contribution in [3.05, 3.63) is 45.9 Å². The normalized spacial score (nSPS) is 10.9. The zero-order valence-corrected chi connectivity index (χ0v) is 13.9. The Morgan fingerprint density at radius 1 is 1.39 bits per heavy atom. The Bertz CT molecular complexity index is 694. The van der Waals surface area contributed by atoms with Gasteiger partial charge in [-0.2, -0.15) is 0 Å². The quantitative estimate of drug-likeness (QED) is 0.742. The predicted molar refractivity (Wildman–Crippen MR) is 90.1 cm³/mol. The third kappa shape index (κ3) is 5.41. The number of carboxylic acids is 1. The van der Waals surface area contributed by atoms with Crippen LogP contribution in [0.5, 0.6) is 11.5 Å². The lowest BCUT2D eigenvalue weighted by atomic mass is 10.1. The third-order valence-electron chi connectivity index (χ3n) is 2.91. The highest BCUT2D eigenvalue weighted by Crippen LogP contribution is 2.27. The second kappa shape index (κ2) is 8.33. The van der Waals surface area contributed by atoms with Crippen LogP contribution in [-0.2, 0) is 11.4 Å². The van der Waals surface area contributed by atoms with Crippen molar-refractivity contribution in [2.75, 3.05) is 6.61 Å². The van der Waals surface area contributed by atoms with Gasteiger partial charge in [-0.1, -0.05) is 6.92 Å². The summed E-state index contributed by atoms with van der Waals surface area (Å²) in [4.78, 5) is 15.1. The van der Waals surface area contributed by atoms with Gasteiger partial charge in [0, 0.05) is 23.1 Å². The Morgan fingerprint density at radius 3 is 2.87 bits per heavy atom. The number of hydrogen-bond donors (Lipinski definition) is 1. The number of carboxylic acid groups (broad SMARTS) is 1. The molecule has 0 fully saturated rings. The van der Waals surface area contributed by atoms with Gasteiger partial charge < -0.3 is 14.6 Å². The van der Waals surface area contributed by atoms with Gasteiger partial charge in [-0.3, -0.25) is 0 Å². The summed E-state index contributed by atoms with van der Waals surface area (Å²) in [6.45, 7) is 4.92.